The van der Waals surface area contributed by atoms with Gasteiger partial charge in [0.05, 0.1) is 18.6 Å². The Morgan fingerprint density at radius 1 is 1.19 bits per heavy atom. The molecule has 0 aliphatic heterocycles. The molecule has 0 aliphatic rings. The van der Waals surface area contributed by atoms with E-state index in [-0.39, 0.29) is 5.75 Å². The highest BCUT2D eigenvalue weighted by Crippen LogP contribution is 2.25. The van der Waals surface area contributed by atoms with Crippen molar-refractivity contribution in [3.63, 3.8) is 0 Å². The largest absolute Gasteiger partial charge is 0.508 e. The van der Waals surface area contributed by atoms with Gasteiger partial charge in [-0.15, -0.1) is 5.10 Å². The topological polar surface area (TPSA) is 112 Å². The fourth-order valence-electron chi connectivity index (χ4n) is 2.34. The lowest BCUT2D eigenvalue weighted by Crippen LogP contribution is -1.98. The van der Waals surface area contributed by atoms with Crippen LogP contribution in [0.1, 0.15) is 5.89 Å². The quantitative estimate of drug-likeness (QED) is 0.503. The summed E-state index contributed by atoms with van der Waals surface area (Å²) in [6.07, 6.45) is 0. The first-order chi connectivity index (χ1) is 13.2. The molecule has 0 fully saturated rings. The SMILES string of the molecule is COc1cccc(-c2noc(CSc3nnnn3-c3ccc(O)cc3)n2)c1. The molecule has 0 unspecified atom stereocenters. The summed E-state index contributed by atoms with van der Waals surface area (Å²) in [5.41, 5.74) is 1.55. The minimum atomic E-state index is 0.178. The number of aromatic hydroxyl groups is 1. The molecule has 0 aliphatic carbocycles. The number of nitrogens with zero attached hydrogens (tertiary/aromatic N) is 6. The van der Waals surface area contributed by atoms with Crippen molar-refractivity contribution in [2.75, 3.05) is 7.11 Å². The molecular weight excluding hydrogens is 368 g/mol. The van der Waals surface area contributed by atoms with Crippen molar-refractivity contribution >= 4 is 11.8 Å². The van der Waals surface area contributed by atoms with Gasteiger partial charge < -0.3 is 14.4 Å². The maximum absolute atomic E-state index is 9.40. The third-order valence-electron chi connectivity index (χ3n) is 3.66. The molecule has 27 heavy (non-hydrogen) atoms. The number of hydrogen-bond donors (Lipinski definition) is 1. The predicted octanol–water partition coefficient (Wildman–Crippen LogP) is 2.72. The Kier molecular flexibility index (Phi) is 4.71. The zero-order valence-corrected chi connectivity index (χ0v) is 15.0. The van der Waals surface area contributed by atoms with Crippen molar-refractivity contribution in [3.05, 3.63) is 54.4 Å². The molecule has 2 aromatic carbocycles. The molecule has 0 saturated carbocycles. The highest BCUT2D eigenvalue weighted by molar-refractivity contribution is 7.98. The van der Waals surface area contributed by atoms with Crippen LogP contribution >= 0.6 is 11.8 Å². The Balaban J connectivity index is 1.48. The van der Waals surface area contributed by atoms with Gasteiger partial charge in [-0.3, -0.25) is 0 Å². The normalized spacial score (nSPS) is 10.9. The van der Waals surface area contributed by atoms with Crippen LogP contribution in [0.15, 0.2) is 58.2 Å². The van der Waals surface area contributed by atoms with Crippen molar-refractivity contribution in [1.82, 2.24) is 30.3 Å². The Bertz CT molecular complexity index is 1050. The molecular formula is C17H14N6O3S. The summed E-state index contributed by atoms with van der Waals surface area (Å²) >= 11 is 1.37. The number of thioether (sulfide) groups is 1. The van der Waals surface area contributed by atoms with Crippen molar-refractivity contribution in [1.29, 1.82) is 0 Å². The summed E-state index contributed by atoms with van der Waals surface area (Å²) in [6.45, 7) is 0. The molecule has 2 heterocycles. The maximum atomic E-state index is 9.40. The van der Waals surface area contributed by atoms with Gasteiger partial charge in [0.2, 0.25) is 16.9 Å². The molecule has 9 nitrogen and oxygen atoms in total. The van der Waals surface area contributed by atoms with Gasteiger partial charge in [-0.25, -0.2) is 0 Å². The van der Waals surface area contributed by atoms with Gasteiger partial charge in [0, 0.05) is 5.56 Å². The Morgan fingerprint density at radius 2 is 2.04 bits per heavy atom. The first-order valence-electron chi connectivity index (χ1n) is 7.90. The number of tetrazole rings is 1. The average molecular weight is 382 g/mol. The highest BCUT2D eigenvalue weighted by atomic mass is 32.2. The minimum absolute atomic E-state index is 0.178. The second-order valence-electron chi connectivity index (χ2n) is 5.42. The molecule has 0 bridgehead atoms. The summed E-state index contributed by atoms with van der Waals surface area (Å²) in [5.74, 6) is 2.26. The first-order valence-corrected chi connectivity index (χ1v) is 8.89. The molecule has 0 amide bonds. The van der Waals surface area contributed by atoms with Gasteiger partial charge in [-0.2, -0.15) is 9.67 Å². The monoisotopic (exact) mass is 382 g/mol. The third kappa shape index (κ3) is 3.75. The average Bonchev–Trinajstić information content (AvgIpc) is 3.36. The number of hydrogen-bond acceptors (Lipinski definition) is 9. The van der Waals surface area contributed by atoms with Crippen LogP contribution in [0.25, 0.3) is 17.1 Å². The van der Waals surface area contributed by atoms with Crippen molar-refractivity contribution in [3.8, 4) is 28.6 Å². The lowest BCUT2D eigenvalue weighted by molar-refractivity contribution is 0.391. The van der Waals surface area contributed by atoms with E-state index < -0.39 is 0 Å². The van der Waals surface area contributed by atoms with E-state index in [0.29, 0.717) is 22.6 Å². The van der Waals surface area contributed by atoms with Gasteiger partial charge in [0.15, 0.2) is 0 Å². The van der Waals surface area contributed by atoms with E-state index in [9.17, 15) is 5.11 Å². The fourth-order valence-corrected chi connectivity index (χ4v) is 3.07. The summed E-state index contributed by atoms with van der Waals surface area (Å²) in [4.78, 5) is 4.40. The van der Waals surface area contributed by atoms with E-state index in [1.54, 1.807) is 36.1 Å². The lowest BCUT2D eigenvalue weighted by Gasteiger charge is -2.03. The molecule has 4 rings (SSSR count). The molecule has 0 saturated heterocycles. The molecule has 0 radical (unpaired) electrons. The Labute approximate surface area is 158 Å². The van der Waals surface area contributed by atoms with Crippen LogP contribution in [0.5, 0.6) is 11.5 Å². The molecule has 10 heteroatoms. The van der Waals surface area contributed by atoms with Crippen LogP contribution in [0, 0.1) is 0 Å². The second kappa shape index (κ2) is 7.46. The van der Waals surface area contributed by atoms with Gasteiger partial charge in [-0.05, 0) is 46.8 Å². The first kappa shape index (κ1) is 17.0. The number of aromatic nitrogens is 6. The molecule has 0 atom stereocenters. The Morgan fingerprint density at radius 3 is 2.85 bits per heavy atom. The van der Waals surface area contributed by atoms with Crippen molar-refractivity contribution < 1.29 is 14.4 Å². The lowest BCUT2D eigenvalue weighted by atomic mass is 10.2. The van der Waals surface area contributed by atoms with Gasteiger partial charge in [0.25, 0.3) is 0 Å². The molecule has 2 aromatic heterocycles. The second-order valence-corrected chi connectivity index (χ2v) is 6.36. The predicted molar refractivity (Wildman–Crippen MR) is 96.7 cm³/mol. The smallest absolute Gasteiger partial charge is 0.237 e. The number of benzene rings is 2. The molecule has 1 N–H and O–H groups in total. The van der Waals surface area contributed by atoms with E-state index in [2.05, 4.69) is 25.7 Å². The zero-order valence-electron chi connectivity index (χ0n) is 14.2. The number of phenols is 1. The summed E-state index contributed by atoms with van der Waals surface area (Å²) in [6, 6.07) is 14.0. The van der Waals surface area contributed by atoms with Gasteiger partial charge in [-0.1, -0.05) is 29.1 Å². The van der Waals surface area contributed by atoms with Crippen molar-refractivity contribution in [2.24, 2.45) is 0 Å². The van der Waals surface area contributed by atoms with Gasteiger partial charge >= 0.3 is 0 Å². The van der Waals surface area contributed by atoms with E-state index >= 15 is 0 Å². The van der Waals surface area contributed by atoms with E-state index in [1.807, 2.05) is 24.3 Å². The van der Waals surface area contributed by atoms with E-state index in [0.717, 1.165) is 17.0 Å². The Hall–Kier alpha value is -3.40. The minimum Gasteiger partial charge on any atom is -0.508 e. The van der Waals surface area contributed by atoms with Crippen LogP contribution in [0.4, 0.5) is 0 Å². The van der Waals surface area contributed by atoms with Crippen LogP contribution in [0.3, 0.4) is 0 Å². The maximum Gasteiger partial charge on any atom is 0.237 e. The number of rotatable bonds is 6. The van der Waals surface area contributed by atoms with E-state index in [4.69, 9.17) is 9.26 Å². The molecule has 136 valence electrons. The summed E-state index contributed by atoms with van der Waals surface area (Å²) in [5, 5.41) is 25.7. The number of methoxy groups -OCH3 is 1. The summed E-state index contributed by atoms with van der Waals surface area (Å²) in [7, 11) is 1.61. The molecule has 4 aromatic rings. The van der Waals surface area contributed by atoms with Crippen LogP contribution < -0.4 is 4.74 Å². The fraction of sp³-hybridized carbons (Fsp3) is 0.118. The molecule has 0 spiro atoms. The number of phenolic OH excluding ortho intramolecular Hbond substituents is 1. The third-order valence-corrected chi connectivity index (χ3v) is 4.56. The van der Waals surface area contributed by atoms with Crippen LogP contribution in [-0.2, 0) is 5.75 Å². The summed E-state index contributed by atoms with van der Waals surface area (Å²) < 4.78 is 12.1. The van der Waals surface area contributed by atoms with Crippen LogP contribution in [0.2, 0.25) is 0 Å². The zero-order chi connectivity index (χ0) is 18.6. The van der Waals surface area contributed by atoms with E-state index in [1.165, 1.54) is 11.8 Å². The van der Waals surface area contributed by atoms with Crippen LogP contribution in [-0.4, -0.2) is 42.6 Å². The highest BCUT2D eigenvalue weighted by Gasteiger charge is 2.13. The standard InChI is InChI=1S/C17H14N6O3S/c1-25-14-4-2-3-11(9-14)16-18-15(26-20-16)10-27-17-19-21-22-23(17)12-5-7-13(24)8-6-12/h2-9,24H,10H2,1H3. The number of ether oxygens (including phenoxy) is 1. The van der Waals surface area contributed by atoms with Crippen molar-refractivity contribution in [2.45, 2.75) is 10.9 Å². The van der Waals surface area contributed by atoms with Gasteiger partial charge in [0.1, 0.15) is 11.5 Å².